The Labute approximate surface area is 161 Å². The van der Waals surface area contributed by atoms with Gasteiger partial charge in [0.25, 0.3) is 0 Å². The van der Waals surface area contributed by atoms with Crippen molar-refractivity contribution in [2.24, 2.45) is 5.92 Å². The maximum absolute atomic E-state index is 12.6. The quantitative estimate of drug-likeness (QED) is 0.739. The zero-order valence-corrected chi connectivity index (χ0v) is 15.8. The maximum atomic E-state index is 12.6. The molecule has 1 aliphatic heterocycles. The van der Waals surface area contributed by atoms with E-state index in [1.807, 2.05) is 36.4 Å². The Bertz CT molecular complexity index is 896. The number of nitrogens with one attached hydrogen (secondary N) is 1. The third-order valence-electron chi connectivity index (χ3n) is 4.63. The number of hydrogen-bond acceptors (Lipinski definition) is 5. The molecule has 0 aliphatic carbocycles. The summed E-state index contributed by atoms with van der Waals surface area (Å²) in [6.07, 6.45) is 3.66. The van der Waals surface area contributed by atoms with Gasteiger partial charge in [0, 0.05) is 30.9 Å². The number of thiazole rings is 1. The van der Waals surface area contributed by atoms with Crippen LogP contribution in [0.5, 0.6) is 0 Å². The summed E-state index contributed by atoms with van der Waals surface area (Å²) in [6.45, 7) is 2.07. The van der Waals surface area contributed by atoms with Crippen LogP contribution in [0.25, 0.3) is 10.3 Å². The first-order chi connectivity index (χ1) is 12.7. The number of piperidine rings is 1. The third kappa shape index (κ3) is 3.66. The van der Waals surface area contributed by atoms with Crippen LogP contribution in [0.2, 0.25) is 5.02 Å². The second-order valence-corrected chi connectivity index (χ2v) is 7.78. The molecule has 4 rings (SSSR count). The number of carbonyl (C=O) groups excluding carboxylic acids is 1. The normalized spacial score (nSPS) is 17.4. The first-order valence-electron chi connectivity index (χ1n) is 8.68. The zero-order valence-electron chi connectivity index (χ0n) is 14.2. The molecule has 1 saturated heterocycles. The highest BCUT2D eigenvalue weighted by Gasteiger charge is 2.27. The average molecular weight is 387 g/mol. The fourth-order valence-electron chi connectivity index (χ4n) is 3.23. The molecule has 0 radical (unpaired) electrons. The second-order valence-electron chi connectivity index (χ2n) is 6.42. The van der Waals surface area contributed by atoms with Crippen molar-refractivity contribution in [1.82, 2.24) is 15.3 Å². The molecule has 1 atom stereocenters. The summed E-state index contributed by atoms with van der Waals surface area (Å²) in [5, 5.41) is 4.66. The number of benzene rings is 1. The highest BCUT2D eigenvalue weighted by Crippen LogP contribution is 2.30. The molecule has 134 valence electrons. The van der Waals surface area contributed by atoms with E-state index < -0.39 is 0 Å². The fourth-order valence-corrected chi connectivity index (χ4v) is 4.37. The summed E-state index contributed by atoms with van der Waals surface area (Å²) in [5.74, 6) is 0.0417. The minimum absolute atomic E-state index is 0.0359. The molecular weight excluding hydrogens is 368 g/mol. The molecule has 0 unspecified atom stereocenters. The number of carbonyl (C=O) groups is 1. The van der Waals surface area contributed by atoms with Gasteiger partial charge in [0.05, 0.1) is 5.92 Å². The molecule has 1 fully saturated rings. The summed E-state index contributed by atoms with van der Waals surface area (Å²) < 4.78 is 0. The van der Waals surface area contributed by atoms with Gasteiger partial charge in [0.15, 0.2) is 5.13 Å². The van der Waals surface area contributed by atoms with Crippen molar-refractivity contribution in [1.29, 1.82) is 0 Å². The highest BCUT2D eigenvalue weighted by atomic mass is 35.5. The van der Waals surface area contributed by atoms with Gasteiger partial charge >= 0.3 is 0 Å². The topological polar surface area (TPSA) is 58.1 Å². The van der Waals surface area contributed by atoms with E-state index in [2.05, 4.69) is 20.2 Å². The average Bonchev–Trinajstić information content (AvgIpc) is 3.11. The number of halogens is 1. The predicted molar refractivity (Wildman–Crippen MR) is 106 cm³/mol. The lowest BCUT2D eigenvalue weighted by molar-refractivity contribution is -0.125. The molecule has 3 aromatic rings. The monoisotopic (exact) mass is 386 g/mol. The van der Waals surface area contributed by atoms with Crippen LogP contribution in [0.1, 0.15) is 18.4 Å². The van der Waals surface area contributed by atoms with Crippen LogP contribution in [0.3, 0.4) is 0 Å². The number of aromatic nitrogens is 2. The first kappa shape index (κ1) is 17.2. The lowest BCUT2D eigenvalue weighted by atomic mass is 9.97. The number of hydrogen-bond donors (Lipinski definition) is 1. The Morgan fingerprint density at radius 3 is 3.04 bits per heavy atom. The van der Waals surface area contributed by atoms with Crippen LogP contribution >= 0.6 is 22.9 Å². The largest absolute Gasteiger partial charge is 0.352 e. The molecule has 0 bridgehead atoms. The maximum Gasteiger partial charge on any atom is 0.225 e. The minimum atomic E-state index is -0.0359. The number of fused-ring (bicyclic) bond motifs is 1. The van der Waals surface area contributed by atoms with Crippen LogP contribution in [-0.2, 0) is 11.3 Å². The molecule has 7 heteroatoms. The number of nitrogens with zero attached hydrogens (tertiary/aromatic N) is 3. The van der Waals surface area contributed by atoms with Crippen molar-refractivity contribution >= 4 is 44.3 Å². The Balaban J connectivity index is 1.41. The lowest BCUT2D eigenvalue weighted by Gasteiger charge is -2.31. The van der Waals surface area contributed by atoms with Crippen LogP contribution in [0.4, 0.5) is 5.13 Å². The second kappa shape index (κ2) is 7.60. The molecule has 0 spiro atoms. The number of pyridine rings is 1. The summed E-state index contributed by atoms with van der Waals surface area (Å²) in [5.41, 5.74) is 1.85. The summed E-state index contributed by atoms with van der Waals surface area (Å²) in [6, 6.07) is 11.5. The fraction of sp³-hybridized carbons (Fsp3) is 0.316. The van der Waals surface area contributed by atoms with E-state index in [1.165, 1.54) is 0 Å². The number of amides is 1. The van der Waals surface area contributed by atoms with Crippen molar-refractivity contribution in [3.63, 3.8) is 0 Å². The minimum Gasteiger partial charge on any atom is -0.352 e. The summed E-state index contributed by atoms with van der Waals surface area (Å²) in [4.78, 5) is 24.8. The molecule has 0 saturated carbocycles. The Hall–Kier alpha value is -2.18. The summed E-state index contributed by atoms with van der Waals surface area (Å²) in [7, 11) is 0. The van der Waals surface area contributed by atoms with Gasteiger partial charge < -0.3 is 10.2 Å². The molecule has 1 N–H and O–H groups in total. The molecule has 26 heavy (non-hydrogen) atoms. The zero-order chi connectivity index (χ0) is 17.9. The van der Waals surface area contributed by atoms with Crippen molar-refractivity contribution in [2.75, 3.05) is 18.0 Å². The van der Waals surface area contributed by atoms with E-state index >= 15 is 0 Å². The molecule has 3 heterocycles. The van der Waals surface area contributed by atoms with Crippen LogP contribution < -0.4 is 10.2 Å². The smallest absolute Gasteiger partial charge is 0.225 e. The molecule has 1 aliphatic rings. The van der Waals surface area contributed by atoms with E-state index in [9.17, 15) is 4.79 Å². The van der Waals surface area contributed by atoms with Crippen LogP contribution in [0.15, 0.2) is 42.6 Å². The van der Waals surface area contributed by atoms with Gasteiger partial charge in [0.2, 0.25) is 5.91 Å². The van der Waals surface area contributed by atoms with E-state index in [0.29, 0.717) is 18.1 Å². The van der Waals surface area contributed by atoms with Gasteiger partial charge in [0.1, 0.15) is 10.3 Å². The van der Waals surface area contributed by atoms with Gasteiger partial charge in [-0.2, -0.15) is 0 Å². The Kier molecular flexibility index (Phi) is 5.04. The van der Waals surface area contributed by atoms with Gasteiger partial charge in [-0.3, -0.25) is 4.79 Å². The van der Waals surface area contributed by atoms with Crippen LogP contribution in [0, 0.1) is 5.92 Å². The lowest BCUT2D eigenvalue weighted by Crippen LogP contribution is -2.43. The first-order valence-corrected chi connectivity index (χ1v) is 9.88. The molecule has 5 nitrogen and oxygen atoms in total. The van der Waals surface area contributed by atoms with E-state index in [1.54, 1.807) is 17.5 Å². The van der Waals surface area contributed by atoms with Crippen molar-refractivity contribution in [3.8, 4) is 0 Å². The van der Waals surface area contributed by atoms with Gasteiger partial charge in [-0.1, -0.05) is 41.1 Å². The molecule has 1 aromatic carbocycles. The SMILES string of the molecule is O=C(NCc1ccccc1Cl)[C@@H]1CCCN(c2nc3cccnc3s2)C1. The number of anilines is 1. The van der Waals surface area contributed by atoms with Crippen molar-refractivity contribution in [3.05, 3.63) is 53.2 Å². The van der Waals surface area contributed by atoms with E-state index in [-0.39, 0.29) is 11.8 Å². The highest BCUT2D eigenvalue weighted by molar-refractivity contribution is 7.21. The van der Waals surface area contributed by atoms with Crippen molar-refractivity contribution < 1.29 is 4.79 Å². The van der Waals surface area contributed by atoms with Gasteiger partial charge in [-0.15, -0.1) is 0 Å². The standard InChI is InChI=1S/C19H19ClN4OS/c20-15-7-2-1-5-13(15)11-22-17(25)14-6-4-10-24(12-14)19-23-16-8-3-9-21-18(16)26-19/h1-3,5,7-9,14H,4,6,10-12H2,(H,22,25)/t14-/m1/s1. The molecule has 1 amide bonds. The van der Waals surface area contributed by atoms with Crippen LogP contribution in [-0.4, -0.2) is 29.0 Å². The van der Waals surface area contributed by atoms with E-state index in [4.69, 9.17) is 11.6 Å². The van der Waals surface area contributed by atoms with Gasteiger partial charge in [-0.05, 0) is 36.6 Å². The Morgan fingerprint density at radius 2 is 2.19 bits per heavy atom. The van der Waals surface area contributed by atoms with E-state index in [0.717, 1.165) is 40.4 Å². The molecular formula is C19H19ClN4OS. The Morgan fingerprint density at radius 1 is 1.31 bits per heavy atom. The van der Waals surface area contributed by atoms with Crippen molar-refractivity contribution in [2.45, 2.75) is 19.4 Å². The van der Waals surface area contributed by atoms with Gasteiger partial charge in [-0.25, -0.2) is 9.97 Å². The predicted octanol–water partition coefficient (Wildman–Crippen LogP) is 3.88. The molecule has 2 aromatic heterocycles. The summed E-state index contributed by atoms with van der Waals surface area (Å²) >= 11 is 7.75. The number of rotatable bonds is 4. The third-order valence-corrected chi connectivity index (χ3v) is 6.04.